The zero-order valence-electron chi connectivity index (χ0n) is 8.54. The molecule has 2 heterocycles. The molecule has 0 aromatic carbocycles. The van der Waals surface area contributed by atoms with Crippen molar-refractivity contribution in [2.75, 3.05) is 11.0 Å². The summed E-state index contributed by atoms with van der Waals surface area (Å²) in [6.07, 6.45) is 8.39. The summed E-state index contributed by atoms with van der Waals surface area (Å²) < 4.78 is 1.23. The van der Waals surface area contributed by atoms with Gasteiger partial charge in [0.1, 0.15) is 0 Å². The van der Waals surface area contributed by atoms with Gasteiger partial charge in [0.15, 0.2) is 0 Å². The van der Waals surface area contributed by atoms with Gasteiger partial charge in [-0.3, -0.25) is 4.84 Å². The van der Waals surface area contributed by atoms with Crippen LogP contribution in [0.2, 0.25) is 0 Å². The topological polar surface area (TPSA) is 12.5 Å². The van der Waals surface area contributed by atoms with E-state index in [1.54, 1.807) is 0 Å². The quantitative estimate of drug-likeness (QED) is 0.545. The van der Waals surface area contributed by atoms with Gasteiger partial charge in [-0.15, -0.1) is 0 Å². The molecule has 3 rings (SSSR count). The summed E-state index contributed by atoms with van der Waals surface area (Å²) in [5.41, 5.74) is 0.480. The normalized spacial score (nSPS) is 47.8. The first-order valence-corrected chi connectivity index (χ1v) is 7.37. The predicted molar refractivity (Wildman–Crippen MR) is 64.4 cm³/mol. The van der Waals surface area contributed by atoms with Crippen LogP contribution in [0.1, 0.15) is 38.5 Å². The molecule has 3 unspecified atom stereocenters. The van der Waals surface area contributed by atoms with Gasteiger partial charge in [0.25, 0.3) is 0 Å². The molecule has 0 amide bonds. The first kappa shape index (κ1) is 9.85. The van der Waals surface area contributed by atoms with Crippen LogP contribution in [0, 0.1) is 5.92 Å². The highest BCUT2D eigenvalue weighted by Crippen LogP contribution is 2.52. The van der Waals surface area contributed by atoms with Crippen molar-refractivity contribution in [3.05, 3.63) is 0 Å². The molecular formula is C11H18INO. The van der Waals surface area contributed by atoms with Crippen LogP contribution < -0.4 is 0 Å². The predicted octanol–water partition coefficient (Wildman–Crippen LogP) is 2.76. The monoisotopic (exact) mass is 307 g/mol. The molecule has 14 heavy (non-hydrogen) atoms. The third kappa shape index (κ3) is 1.21. The fourth-order valence-corrected chi connectivity index (χ4v) is 4.56. The Labute approximate surface area is 99.5 Å². The molecule has 3 aliphatic rings. The third-order valence-electron chi connectivity index (χ3n) is 4.43. The van der Waals surface area contributed by atoms with E-state index in [1.807, 2.05) is 0 Å². The van der Waals surface area contributed by atoms with Gasteiger partial charge >= 0.3 is 0 Å². The number of rotatable bonds is 1. The number of halogens is 1. The van der Waals surface area contributed by atoms with Crippen molar-refractivity contribution < 1.29 is 4.84 Å². The molecule has 80 valence electrons. The minimum Gasteiger partial charge on any atom is -0.298 e. The Kier molecular flexibility index (Phi) is 2.53. The van der Waals surface area contributed by atoms with Crippen LogP contribution in [0.3, 0.4) is 0 Å². The molecule has 2 saturated heterocycles. The number of piperidine rings is 1. The molecule has 2 nitrogen and oxygen atoms in total. The fraction of sp³-hybridized carbons (Fsp3) is 1.00. The minimum absolute atomic E-state index is 0.480. The Morgan fingerprint density at radius 3 is 2.86 bits per heavy atom. The highest BCUT2D eigenvalue weighted by Gasteiger charge is 2.55. The van der Waals surface area contributed by atoms with Crippen LogP contribution in [0.25, 0.3) is 0 Å². The molecule has 0 aromatic rings. The van der Waals surface area contributed by atoms with Crippen LogP contribution in [-0.4, -0.2) is 27.7 Å². The maximum Gasteiger partial charge on any atom is 0.0732 e. The lowest BCUT2D eigenvalue weighted by Crippen LogP contribution is -2.53. The standard InChI is InChI=1S/C11H18INO/c12-7-10-4-2-6-11-5-1-3-9(11)8-14-13(10)11/h9-10H,1-8H2. The highest BCUT2D eigenvalue weighted by atomic mass is 127. The van der Waals surface area contributed by atoms with Crippen molar-refractivity contribution in [3.63, 3.8) is 0 Å². The second-order valence-corrected chi connectivity index (χ2v) is 5.90. The molecule has 1 aliphatic carbocycles. The zero-order chi connectivity index (χ0) is 9.60. The molecule has 0 aromatic heterocycles. The third-order valence-corrected chi connectivity index (χ3v) is 5.45. The highest BCUT2D eigenvalue weighted by molar-refractivity contribution is 14.1. The summed E-state index contributed by atoms with van der Waals surface area (Å²) in [5.74, 6) is 0.855. The summed E-state index contributed by atoms with van der Waals surface area (Å²) in [5, 5.41) is 2.42. The van der Waals surface area contributed by atoms with E-state index in [0.717, 1.165) is 12.5 Å². The maximum absolute atomic E-state index is 5.95. The molecule has 3 atom stereocenters. The molecule has 0 radical (unpaired) electrons. The van der Waals surface area contributed by atoms with Crippen molar-refractivity contribution in [3.8, 4) is 0 Å². The summed E-state index contributed by atoms with van der Waals surface area (Å²) in [6.45, 7) is 1.01. The van der Waals surface area contributed by atoms with Crippen LogP contribution >= 0.6 is 22.6 Å². The van der Waals surface area contributed by atoms with Gasteiger partial charge in [0.05, 0.1) is 12.1 Å². The molecule has 1 spiro atoms. The number of hydroxylamine groups is 2. The summed E-state index contributed by atoms with van der Waals surface area (Å²) >= 11 is 2.51. The van der Waals surface area contributed by atoms with Crippen LogP contribution in [0.4, 0.5) is 0 Å². The fourth-order valence-electron chi connectivity index (χ4n) is 3.76. The molecular weight excluding hydrogens is 289 g/mol. The number of alkyl halides is 1. The molecule has 0 N–H and O–H groups in total. The number of hydrogen-bond donors (Lipinski definition) is 0. The average molecular weight is 307 g/mol. The lowest BCUT2D eigenvalue weighted by Gasteiger charge is -2.44. The van der Waals surface area contributed by atoms with Crippen LogP contribution in [0.5, 0.6) is 0 Å². The summed E-state index contributed by atoms with van der Waals surface area (Å²) in [4.78, 5) is 5.95. The van der Waals surface area contributed by atoms with Crippen molar-refractivity contribution in [2.45, 2.75) is 50.1 Å². The first-order valence-electron chi connectivity index (χ1n) is 5.85. The van der Waals surface area contributed by atoms with E-state index >= 15 is 0 Å². The first-order chi connectivity index (χ1) is 6.87. The van der Waals surface area contributed by atoms with Gasteiger partial charge in [-0.05, 0) is 32.1 Å². The smallest absolute Gasteiger partial charge is 0.0732 e. The van der Waals surface area contributed by atoms with Gasteiger partial charge in [0.2, 0.25) is 0 Å². The molecule has 0 bridgehead atoms. The largest absolute Gasteiger partial charge is 0.298 e. The van der Waals surface area contributed by atoms with Gasteiger partial charge in [-0.25, -0.2) is 0 Å². The van der Waals surface area contributed by atoms with E-state index in [4.69, 9.17) is 4.84 Å². The summed E-state index contributed by atoms with van der Waals surface area (Å²) in [7, 11) is 0. The lowest BCUT2D eigenvalue weighted by atomic mass is 9.79. The lowest BCUT2D eigenvalue weighted by molar-refractivity contribution is -0.204. The van der Waals surface area contributed by atoms with E-state index in [-0.39, 0.29) is 0 Å². The minimum atomic E-state index is 0.480. The molecule has 3 heteroatoms. The van der Waals surface area contributed by atoms with Crippen LogP contribution in [-0.2, 0) is 4.84 Å². The van der Waals surface area contributed by atoms with Crippen molar-refractivity contribution in [2.24, 2.45) is 5.92 Å². The van der Waals surface area contributed by atoms with E-state index < -0.39 is 0 Å². The van der Waals surface area contributed by atoms with Crippen molar-refractivity contribution >= 4 is 22.6 Å². The Balaban J connectivity index is 1.89. The van der Waals surface area contributed by atoms with E-state index in [0.29, 0.717) is 11.6 Å². The van der Waals surface area contributed by atoms with Gasteiger partial charge in [-0.1, -0.05) is 29.0 Å². The van der Waals surface area contributed by atoms with Gasteiger partial charge in [0, 0.05) is 16.4 Å². The van der Waals surface area contributed by atoms with Crippen molar-refractivity contribution in [1.82, 2.24) is 5.06 Å². The van der Waals surface area contributed by atoms with Crippen LogP contribution in [0.15, 0.2) is 0 Å². The molecule has 2 aliphatic heterocycles. The van der Waals surface area contributed by atoms with E-state index in [1.165, 1.54) is 43.0 Å². The molecule has 3 fully saturated rings. The Morgan fingerprint density at radius 1 is 1.29 bits per heavy atom. The number of hydrogen-bond acceptors (Lipinski definition) is 2. The Hall–Kier alpha value is 0.650. The zero-order valence-corrected chi connectivity index (χ0v) is 10.7. The average Bonchev–Trinajstić information content (AvgIpc) is 2.72. The summed E-state index contributed by atoms with van der Waals surface area (Å²) in [6, 6.07) is 0.701. The van der Waals surface area contributed by atoms with E-state index in [9.17, 15) is 0 Å². The van der Waals surface area contributed by atoms with Crippen molar-refractivity contribution in [1.29, 1.82) is 0 Å². The Bertz CT molecular complexity index is 235. The maximum atomic E-state index is 5.95. The second-order valence-electron chi connectivity index (χ2n) is 5.01. The van der Waals surface area contributed by atoms with Gasteiger partial charge < -0.3 is 0 Å². The van der Waals surface area contributed by atoms with Gasteiger partial charge in [-0.2, -0.15) is 5.06 Å². The molecule has 1 saturated carbocycles. The Morgan fingerprint density at radius 2 is 2.07 bits per heavy atom. The number of nitrogens with zero attached hydrogens (tertiary/aromatic N) is 1. The SMILES string of the molecule is ICC1CCCC23CCCC2CON13. The second kappa shape index (κ2) is 3.59. The van der Waals surface area contributed by atoms with E-state index in [2.05, 4.69) is 27.7 Å².